The van der Waals surface area contributed by atoms with Gasteiger partial charge in [0, 0.05) is 37.6 Å². The second-order valence-electron chi connectivity index (χ2n) is 5.70. The van der Waals surface area contributed by atoms with E-state index in [1.54, 1.807) is 6.33 Å². The summed E-state index contributed by atoms with van der Waals surface area (Å²) in [6.07, 6.45) is 7.78. The first-order valence-electron chi connectivity index (χ1n) is 7.63. The Kier molecular flexibility index (Phi) is 4.48. The summed E-state index contributed by atoms with van der Waals surface area (Å²) in [6, 6.07) is 4.58. The fraction of sp³-hybridized carbons (Fsp3) is 0.438. The topological polar surface area (TPSA) is 73.9 Å². The molecule has 2 aromatic rings. The van der Waals surface area contributed by atoms with Crippen LogP contribution in [0.4, 0.5) is 0 Å². The predicted molar refractivity (Wildman–Crippen MR) is 82.7 cm³/mol. The molecule has 0 aliphatic carbocycles. The van der Waals surface area contributed by atoms with E-state index in [-0.39, 0.29) is 5.91 Å². The van der Waals surface area contributed by atoms with Gasteiger partial charge in [-0.15, -0.1) is 0 Å². The largest absolute Gasteiger partial charge is 0.351 e. The Morgan fingerprint density at radius 3 is 3.23 bits per heavy atom. The molecule has 1 aliphatic heterocycles. The van der Waals surface area contributed by atoms with E-state index in [0.29, 0.717) is 12.6 Å². The average molecular weight is 299 g/mol. The Morgan fingerprint density at radius 1 is 1.55 bits per heavy atom. The zero-order valence-corrected chi connectivity index (χ0v) is 12.7. The minimum atomic E-state index is -0.0334. The number of likely N-dealkylation sites (tertiary alicyclic amines) is 1. The second kappa shape index (κ2) is 6.70. The van der Waals surface area contributed by atoms with Gasteiger partial charge in [-0.3, -0.25) is 14.7 Å². The molecule has 3 heterocycles. The molecule has 0 aromatic carbocycles. The molecule has 1 aliphatic rings. The summed E-state index contributed by atoms with van der Waals surface area (Å²) in [6.45, 7) is 3.98. The maximum atomic E-state index is 11.0. The molecule has 1 atom stereocenters. The lowest BCUT2D eigenvalue weighted by atomic mass is 10.0. The Balaban J connectivity index is 1.71. The zero-order valence-electron chi connectivity index (χ0n) is 12.7. The SMILES string of the molecule is CC(=O)NCc1cc(C2CCCN2Cc2cnc[nH]2)ccn1. The van der Waals surface area contributed by atoms with Gasteiger partial charge >= 0.3 is 0 Å². The molecular weight excluding hydrogens is 278 g/mol. The van der Waals surface area contributed by atoms with Crippen molar-refractivity contribution in [3.8, 4) is 0 Å². The number of H-pyrrole nitrogens is 1. The molecule has 22 heavy (non-hydrogen) atoms. The highest BCUT2D eigenvalue weighted by molar-refractivity contribution is 5.72. The van der Waals surface area contributed by atoms with Gasteiger partial charge < -0.3 is 10.3 Å². The molecule has 1 amide bonds. The van der Waals surface area contributed by atoms with E-state index in [4.69, 9.17) is 0 Å². The highest BCUT2D eigenvalue weighted by Gasteiger charge is 2.26. The molecule has 1 fully saturated rings. The fourth-order valence-corrected chi connectivity index (χ4v) is 3.00. The molecule has 2 aromatic heterocycles. The third kappa shape index (κ3) is 3.51. The first kappa shape index (κ1) is 14.7. The maximum Gasteiger partial charge on any atom is 0.217 e. The normalized spacial score (nSPS) is 18.5. The van der Waals surface area contributed by atoms with Crippen molar-refractivity contribution in [2.24, 2.45) is 0 Å². The second-order valence-corrected chi connectivity index (χ2v) is 5.70. The van der Waals surface area contributed by atoms with Crippen LogP contribution in [0.25, 0.3) is 0 Å². The van der Waals surface area contributed by atoms with Crippen LogP contribution in [-0.4, -0.2) is 32.3 Å². The third-order valence-corrected chi connectivity index (χ3v) is 4.04. The number of pyridine rings is 1. The zero-order chi connectivity index (χ0) is 15.4. The lowest BCUT2D eigenvalue weighted by Crippen LogP contribution is -2.23. The number of carbonyl (C=O) groups is 1. The van der Waals surface area contributed by atoms with E-state index in [0.717, 1.165) is 30.9 Å². The van der Waals surface area contributed by atoms with E-state index >= 15 is 0 Å². The van der Waals surface area contributed by atoms with Gasteiger partial charge in [-0.25, -0.2) is 4.98 Å². The van der Waals surface area contributed by atoms with E-state index in [1.807, 2.05) is 12.4 Å². The van der Waals surface area contributed by atoms with E-state index in [1.165, 1.54) is 18.9 Å². The Bertz CT molecular complexity index is 625. The number of hydrogen-bond acceptors (Lipinski definition) is 4. The minimum Gasteiger partial charge on any atom is -0.351 e. The van der Waals surface area contributed by atoms with Crippen LogP contribution in [0.3, 0.4) is 0 Å². The smallest absolute Gasteiger partial charge is 0.217 e. The van der Waals surface area contributed by atoms with Gasteiger partial charge in [0.25, 0.3) is 0 Å². The van der Waals surface area contributed by atoms with Crippen molar-refractivity contribution >= 4 is 5.91 Å². The van der Waals surface area contributed by atoms with Crippen molar-refractivity contribution in [1.82, 2.24) is 25.2 Å². The van der Waals surface area contributed by atoms with Crippen LogP contribution in [0.5, 0.6) is 0 Å². The van der Waals surface area contributed by atoms with E-state index in [9.17, 15) is 4.79 Å². The summed E-state index contributed by atoms with van der Waals surface area (Å²) in [5.41, 5.74) is 3.31. The van der Waals surface area contributed by atoms with Crippen molar-refractivity contribution in [2.75, 3.05) is 6.54 Å². The highest BCUT2D eigenvalue weighted by atomic mass is 16.1. The summed E-state index contributed by atoms with van der Waals surface area (Å²) in [5.74, 6) is -0.0334. The number of nitrogens with one attached hydrogen (secondary N) is 2. The van der Waals surface area contributed by atoms with Gasteiger partial charge in [0.15, 0.2) is 0 Å². The van der Waals surface area contributed by atoms with Crippen LogP contribution < -0.4 is 5.32 Å². The average Bonchev–Trinajstić information content (AvgIpc) is 3.18. The molecule has 0 spiro atoms. The lowest BCUT2D eigenvalue weighted by molar-refractivity contribution is -0.119. The number of carbonyl (C=O) groups excluding carboxylic acids is 1. The van der Waals surface area contributed by atoms with Gasteiger partial charge in [-0.05, 0) is 37.1 Å². The molecule has 116 valence electrons. The standard InChI is InChI=1S/C16H21N5O/c1-12(22)19-9-14-7-13(4-5-18-14)16-3-2-6-21(16)10-15-8-17-11-20-15/h4-5,7-8,11,16H,2-3,6,9-10H2,1H3,(H,17,20)(H,19,22). The van der Waals surface area contributed by atoms with Gasteiger partial charge in [0.2, 0.25) is 5.91 Å². The van der Waals surface area contributed by atoms with Crippen LogP contribution in [0, 0.1) is 0 Å². The lowest BCUT2D eigenvalue weighted by Gasteiger charge is -2.24. The first-order valence-corrected chi connectivity index (χ1v) is 7.63. The molecule has 6 nitrogen and oxygen atoms in total. The number of aromatic nitrogens is 3. The third-order valence-electron chi connectivity index (χ3n) is 4.04. The monoisotopic (exact) mass is 299 g/mol. The molecule has 0 radical (unpaired) electrons. The number of hydrogen-bond donors (Lipinski definition) is 2. The molecule has 0 bridgehead atoms. The molecule has 1 unspecified atom stereocenters. The Hall–Kier alpha value is -2.21. The van der Waals surface area contributed by atoms with E-state index < -0.39 is 0 Å². The van der Waals surface area contributed by atoms with Crippen molar-refractivity contribution in [1.29, 1.82) is 0 Å². The number of aromatic amines is 1. The molecule has 1 saturated heterocycles. The van der Waals surface area contributed by atoms with Gasteiger partial charge in [0.05, 0.1) is 18.6 Å². The number of amides is 1. The van der Waals surface area contributed by atoms with Crippen LogP contribution in [0.1, 0.15) is 42.8 Å². The predicted octanol–water partition coefficient (Wildman–Crippen LogP) is 1.78. The Morgan fingerprint density at radius 2 is 2.45 bits per heavy atom. The van der Waals surface area contributed by atoms with Gasteiger partial charge in [0.1, 0.15) is 0 Å². The molecule has 0 saturated carbocycles. The van der Waals surface area contributed by atoms with Crippen LogP contribution >= 0.6 is 0 Å². The van der Waals surface area contributed by atoms with Crippen molar-refractivity contribution < 1.29 is 4.79 Å². The minimum absolute atomic E-state index is 0.0334. The van der Waals surface area contributed by atoms with Crippen molar-refractivity contribution in [3.63, 3.8) is 0 Å². The summed E-state index contributed by atoms with van der Waals surface area (Å²) in [7, 11) is 0. The van der Waals surface area contributed by atoms with E-state index in [2.05, 4.69) is 37.3 Å². The quantitative estimate of drug-likeness (QED) is 0.882. The maximum absolute atomic E-state index is 11.0. The molecule has 2 N–H and O–H groups in total. The summed E-state index contributed by atoms with van der Waals surface area (Å²) in [5, 5.41) is 2.80. The van der Waals surface area contributed by atoms with Gasteiger partial charge in [-0.1, -0.05) is 0 Å². The van der Waals surface area contributed by atoms with Gasteiger partial charge in [-0.2, -0.15) is 0 Å². The van der Waals surface area contributed by atoms with Crippen LogP contribution in [0.2, 0.25) is 0 Å². The molecular formula is C16H21N5O. The number of nitrogens with zero attached hydrogens (tertiary/aromatic N) is 3. The summed E-state index contributed by atoms with van der Waals surface area (Å²) in [4.78, 5) is 25.1. The highest BCUT2D eigenvalue weighted by Crippen LogP contribution is 2.32. The summed E-state index contributed by atoms with van der Waals surface area (Å²) < 4.78 is 0. The summed E-state index contributed by atoms with van der Waals surface area (Å²) >= 11 is 0. The number of imidazole rings is 1. The van der Waals surface area contributed by atoms with Crippen molar-refractivity contribution in [3.05, 3.63) is 47.8 Å². The number of rotatable bonds is 5. The Labute approximate surface area is 130 Å². The van der Waals surface area contributed by atoms with Crippen LogP contribution in [0.15, 0.2) is 30.9 Å². The molecule has 6 heteroatoms. The van der Waals surface area contributed by atoms with Crippen molar-refractivity contribution in [2.45, 2.75) is 38.9 Å². The molecule has 3 rings (SSSR count). The first-order chi connectivity index (χ1) is 10.7. The van der Waals surface area contributed by atoms with Crippen LogP contribution in [-0.2, 0) is 17.9 Å². The fourth-order valence-electron chi connectivity index (χ4n) is 3.00.